The van der Waals surface area contributed by atoms with Gasteiger partial charge in [0.15, 0.2) is 11.5 Å². The minimum Gasteiger partial charge on any atom is -0.480 e. The average Bonchev–Trinajstić information content (AvgIpc) is 3.26. The van der Waals surface area contributed by atoms with E-state index in [2.05, 4.69) is 10.3 Å². The fourth-order valence-corrected chi connectivity index (χ4v) is 4.57. The number of carbonyl (C=O) groups excluding carboxylic acids is 1. The summed E-state index contributed by atoms with van der Waals surface area (Å²) in [4.78, 5) is 28.9. The van der Waals surface area contributed by atoms with E-state index in [0.717, 1.165) is 36.3 Å². The van der Waals surface area contributed by atoms with E-state index in [9.17, 15) is 14.7 Å². The highest BCUT2D eigenvalue weighted by Gasteiger charge is 2.40. The monoisotopic (exact) mass is 402 g/mol. The molecule has 0 unspecified atom stereocenters. The first kappa shape index (κ1) is 18.7. The van der Waals surface area contributed by atoms with Crippen molar-refractivity contribution in [3.05, 3.63) is 29.3 Å². The number of ether oxygens (including phenoxy) is 2. The van der Waals surface area contributed by atoms with E-state index in [4.69, 9.17) is 9.47 Å². The summed E-state index contributed by atoms with van der Waals surface area (Å²) in [7, 11) is 0. The van der Waals surface area contributed by atoms with Crippen molar-refractivity contribution >= 4 is 23.2 Å². The van der Waals surface area contributed by atoms with Gasteiger partial charge in [-0.15, -0.1) is 11.3 Å². The molecule has 7 nitrogen and oxygen atoms in total. The van der Waals surface area contributed by atoms with E-state index in [0.29, 0.717) is 30.0 Å². The van der Waals surface area contributed by atoms with Crippen LogP contribution in [0, 0.1) is 0 Å². The number of carboxylic acid groups (broad SMARTS) is 1. The third-order valence-corrected chi connectivity index (χ3v) is 6.20. The summed E-state index contributed by atoms with van der Waals surface area (Å²) in [5.74, 6) is 0.153. The van der Waals surface area contributed by atoms with Crippen LogP contribution in [0.1, 0.15) is 44.2 Å². The minimum absolute atomic E-state index is 0.0656. The average molecular weight is 402 g/mol. The zero-order valence-corrected chi connectivity index (χ0v) is 16.2. The van der Waals surface area contributed by atoms with Crippen LogP contribution in [-0.2, 0) is 16.0 Å². The summed E-state index contributed by atoms with van der Waals surface area (Å²) in [6.45, 7) is 0.216. The number of benzene rings is 1. The molecule has 1 aliphatic carbocycles. The Hall–Kier alpha value is -2.61. The molecular weight excluding hydrogens is 380 g/mol. The zero-order valence-electron chi connectivity index (χ0n) is 15.4. The van der Waals surface area contributed by atoms with Crippen molar-refractivity contribution in [1.29, 1.82) is 0 Å². The molecule has 2 heterocycles. The van der Waals surface area contributed by atoms with Crippen LogP contribution in [0.4, 0.5) is 0 Å². The molecule has 1 saturated carbocycles. The highest BCUT2D eigenvalue weighted by Crippen LogP contribution is 2.36. The summed E-state index contributed by atoms with van der Waals surface area (Å²) in [5.41, 5.74) is 0.375. The lowest BCUT2D eigenvalue weighted by Gasteiger charge is -2.29. The maximum atomic E-state index is 12.6. The molecule has 0 atom stereocenters. The molecule has 2 N–H and O–H groups in total. The number of carboxylic acids is 1. The third-order valence-electron chi connectivity index (χ3n) is 5.26. The van der Waals surface area contributed by atoms with Crippen molar-refractivity contribution in [2.75, 3.05) is 6.79 Å². The number of aliphatic carboxylic acids is 1. The molecule has 4 rings (SSSR count). The van der Waals surface area contributed by atoms with Crippen LogP contribution >= 0.6 is 11.3 Å². The summed E-state index contributed by atoms with van der Waals surface area (Å²) < 4.78 is 10.7. The molecule has 0 bridgehead atoms. The van der Waals surface area contributed by atoms with Crippen LogP contribution in [0.25, 0.3) is 10.6 Å². The van der Waals surface area contributed by atoms with E-state index in [1.54, 1.807) is 0 Å². The third kappa shape index (κ3) is 3.82. The van der Waals surface area contributed by atoms with E-state index in [1.165, 1.54) is 11.3 Å². The lowest BCUT2D eigenvalue weighted by molar-refractivity contribution is -0.148. The van der Waals surface area contributed by atoms with Gasteiger partial charge in [-0.1, -0.05) is 25.7 Å². The van der Waals surface area contributed by atoms with Gasteiger partial charge in [0.2, 0.25) is 12.7 Å². The molecule has 8 heteroatoms. The Labute approximate surface area is 166 Å². The number of nitrogens with one attached hydrogen (secondary N) is 1. The number of amides is 1. The molecule has 1 aliphatic heterocycles. The summed E-state index contributed by atoms with van der Waals surface area (Å²) in [6.07, 6.45) is 4.68. The van der Waals surface area contributed by atoms with Crippen LogP contribution in [0.3, 0.4) is 0 Å². The van der Waals surface area contributed by atoms with E-state index in [1.807, 2.05) is 23.6 Å². The number of hydrogen-bond acceptors (Lipinski definition) is 6. The first-order chi connectivity index (χ1) is 13.6. The number of hydrogen-bond donors (Lipinski definition) is 2. The normalized spacial score (nSPS) is 17.7. The number of carbonyl (C=O) groups is 2. The largest absolute Gasteiger partial charge is 0.480 e. The van der Waals surface area contributed by atoms with Crippen LogP contribution in [0.5, 0.6) is 11.5 Å². The van der Waals surface area contributed by atoms with Crippen molar-refractivity contribution in [3.8, 4) is 22.1 Å². The van der Waals surface area contributed by atoms with Gasteiger partial charge in [-0.2, -0.15) is 0 Å². The molecule has 0 saturated heterocycles. The highest BCUT2D eigenvalue weighted by molar-refractivity contribution is 7.13. The maximum absolute atomic E-state index is 12.6. The molecule has 1 aromatic heterocycles. The summed E-state index contributed by atoms with van der Waals surface area (Å²) >= 11 is 1.44. The molecule has 148 valence electrons. The van der Waals surface area contributed by atoms with E-state index >= 15 is 0 Å². The summed E-state index contributed by atoms with van der Waals surface area (Å²) in [6, 6.07) is 5.62. The fourth-order valence-electron chi connectivity index (χ4n) is 3.75. The standard InChI is InChI=1S/C20H22N2O5S/c23-17(22-20(19(24)25)7-3-1-2-4-8-20)10-14-11-28-18(21-14)13-5-6-15-16(9-13)27-12-26-15/h5-6,9,11H,1-4,7-8,10,12H2,(H,22,23)(H,24,25). The Morgan fingerprint density at radius 2 is 1.89 bits per heavy atom. The van der Waals surface area contributed by atoms with Crippen LogP contribution in [0.2, 0.25) is 0 Å². The predicted molar refractivity (Wildman–Crippen MR) is 104 cm³/mol. The Kier molecular flexibility index (Phi) is 5.21. The van der Waals surface area contributed by atoms with Crippen molar-refractivity contribution in [2.45, 2.75) is 50.5 Å². The lowest BCUT2D eigenvalue weighted by Crippen LogP contribution is -2.54. The lowest BCUT2D eigenvalue weighted by atomic mass is 9.90. The quantitative estimate of drug-likeness (QED) is 0.744. The number of nitrogens with zero attached hydrogens (tertiary/aromatic N) is 1. The van der Waals surface area contributed by atoms with Crippen LogP contribution in [0.15, 0.2) is 23.6 Å². The number of rotatable bonds is 5. The van der Waals surface area contributed by atoms with Gasteiger partial charge in [0, 0.05) is 10.9 Å². The van der Waals surface area contributed by atoms with Gasteiger partial charge in [-0.05, 0) is 31.0 Å². The first-order valence-corrected chi connectivity index (χ1v) is 10.3. The van der Waals surface area contributed by atoms with E-state index < -0.39 is 11.5 Å². The van der Waals surface area contributed by atoms with Crippen molar-refractivity contribution in [1.82, 2.24) is 10.3 Å². The Bertz CT molecular complexity index is 886. The Morgan fingerprint density at radius 1 is 1.14 bits per heavy atom. The molecule has 2 aliphatic rings. The van der Waals surface area contributed by atoms with E-state index in [-0.39, 0.29) is 19.1 Å². The molecular formula is C20H22N2O5S. The van der Waals surface area contributed by atoms with Crippen molar-refractivity contribution in [3.63, 3.8) is 0 Å². The zero-order chi connectivity index (χ0) is 19.6. The number of thiazole rings is 1. The van der Waals surface area contributed by atoms with Gasteiger partial charge in [0.1, 0.15) is 10.5 Å². The van der Waals surface area contributed by atoms with Crippen LogP contribution in [-0.4, -0.2) is 34.3 Å². The van der Waals surface area contributed by atoms with Gasteiger partial charge >= 0.3 is 5.97 Å². The number of fused-ring (bicyclic) bond motifs is 1. The Morgan fingerprint density at radius 3 is 2.64 bits per heavy atom. The highest BCUT2D eigenvalue weighted by atomic mass is 32.1. The first-order valence-electron chi connectivity index (χ1n) is 9.45. The summed E-state index contributed by atoms with van der Waals surface area (Å²) in [5, 5.41) is 15.1. The maximum Gasteiger partial charge on any atom is 0.329 e. The SMILES string of the molecule is O=C(Cc1csc(-c2ccc3c(c2)OCO3)n1)NC1(C(=O)O)CCCCCC1. The molecule has 2 aromatic rings. The smallest absolute Gasteiger partial charge is 0.329 e. The van der Waals surface area contributed by atoms with Gasteiger partial charge in [-0.25, -0.2) is 9.78 Å². The molecule has 1 amide bonds. The fraction of sp³-hybridized carbons (Fsp3) is 0.450. The minimum atomic E-state index is -1.15. The van der Waals surface area contributed by atoms with Gasteiger partial charge in [0.25, 0.3) is 0 Å². The van der Waals surface area contributed by atoms with Gasteiger partial charge in [0.05, 0.1) is 12.1 Å². The topological polar surface area (TPSA) is 97.8 Å². The molecule has 28 heavy (non-hydrogen) atoms. The second kappa shape index (κ2) is 7.79. The molecule has 0 spiro atoms. The second-order valence-electron chi connectivity index (χ2n) is 7.24. The second-order valence-corrected chi connectivity index (χ2v) is 8.10. The molecule has 0 radical (unpaired) electrons. The number of aromatic nitrogens is 1. The Balaban J connectivity index is 1.44. The molecule has 1 fully saturated rings. The molecule has 1 aromatic carbocycles. The van der Waals surface area contributed by atoms with Gasteiger partial charge in [-0.3, -0.25) is 4.79 Å². The predicted octanol–water partition coefficient (Wildman–Crippen LogP) is 3.38. The van der Waals surface area contributed by atoms with Crippen molar-refractivity contribution < 1.29 is 24.2 Å². The van der Waals surface area contributed by atoms with Gasteiger partial charge < -0.3 is 19.9 Å². The van der Waals surface area contributed by atoms with Crippen molar-refractivity contribution in [2.24, 2.45) is 0 Å². The van der Waals surface area contributed by atoms with Crippen LogP contribution < -0.4 is 14.8 Å².